The van der Waals surface area contributed by atoms with E-state index in [9.17, 15) is 4.39 Å². The van der Waals surface area contributed by atoms with Gasteiger partial charge in [0.05, 0.1) is 5.38 Å². The van der Waals surface area contributed by atoms with Crippen LogP contribution in [0.1, 0.15) is 22.1 Å². The van der Waals surface area contributed by atoms with Gasteiger partial charge in [0.2, 0.25) is 0 Å². The summed E-state index contributed by atoms with van der Waals surface area (Å²) in [4.78, 5) is 0. The van der Waals surface area contributed by atoms with E-state index in [0.29, 0.717) is 6.42 Å². The van der Waals surface area contributed by atoms with Crippen LogP contribution in [0.5, 0.6) is 0 Å². The van der Waals surface area contributed by atoms with E-state index in [1.807, 2.05) is 18.2 Å². The van der Waals surface area contributed by atoms with Crippen LogP contribution in [0.3, 0.4) is 0 Å². The molecule has 0 bridgehead atoms. The van der Waals surface area contributed by atoms with Gasteiger partial charge in [0.25, 0.3) is 0 Å². The summed E-state index contributed by atoms with van der Waals surface area (Å²) in [6.07, 6.45) is 0.619. The predicted molar refractivity (Wildman–Crippen MR) is 87.4 cm³/mol. The molecule has 0 aliphatic heterocycles. The van der Waals surface area contributed by atoms with Crippen molar-refractivity contribution in [3.8, 4) is 0 Å². The minimum absolute atomic E-state index is 0.169. The Morgan fingerprint density at radius 2 is 1.81 bits per heavy atom. The molecule has 3 aromatic carbocycles. The van der Waals surface area contributed by atoms with E-state index in [2.05, 4.69) is 31.2 Å². The average molecular weight is 299 g/mol. The lowest BCUT2D eigenvalue weighted by Crippen LogP contribution is -2.00. The Morgan fingerprint density at radius 3 is 2.62 bits per heavy atom. The summed E-state index contributed by atoms with van der Waals surface area (Å²) < 4.78 is 13.3. The van der Waals surface area contributed by atoms with Gasteiger partial charge < -0.3 is 0 Å². The maximum atomic E-state index is 13.3. The number of hydrogen-bond donors (Lipinski definition) is 0. The van der Waals surface area contributed by atoms with Gasteiger partial charge in [0.15, 0.2) is 0 Å². The Kier molecular flexibility index (Phi) is 3.94. The van der Waals surface area contributed by atoms with Gasteiger partial charge in [-0.3, -0.25) is 0 Å². The molecule has 21 heavy (non-hydrogen) atoms. The standard InChI is InChI=1S/C19H16ClF/c1-13-9-10-15-6-2-3-8-17(15)19(13)18(20)12-14-5-4-7-16(21)11-14/h2-11,18H,12H2,1H3. The minimum Gasteiger partial charge on any atom is -0.207 e. The van der Waals surface area contributed by atoms with Gasteiger partial charge in [-0.25, -0.2) is 4.39 Å². The van der Waals surface area contributed by atoms with Crippen molar-refractivity contribution >= 4 is 22.4 Å². The largest absolute Gasteiger partial charge is 0.207 e. The van der Waals surface area contributed by atoms with E-state index >= 15 is 0 Å². The number of aryl methyl sites for hydroxylation is 1. The second-order valence-electron chi connectivity index (χ2n) is 5.32. The molecule has 0 N–H and O–H groups in total. The molecule has 0 aliphatic rings. The zero-order valence-electron chi connectivity index (χ0n) is 11.8. The third-order valence-corrected chi connectivity index (χ3v) is 4.18. The van der Waals surface area contributed by atoms with Gasteiger partial charge in [0, 0.05) is 0 Å². The summed E-state index contributed by atoms with van der Waals surface area (Å²) >= 11 is 6.65. The Labute approximate surface area is 129 Å². The Hall–Kier alpha value is -1.86. The first kappa shape index (κ1) is 14.1. The molecule has 0 aliphatic carbocycles. The van der Waals surface area contributed by atoms with Crippen LogP contribution in [0.2, 0.25) is 0 Å². The van der Waals surface area contributed by atoms with Gasteiger partial charge in [0.1, 0.15) is 5.82 Å². The molecule has 0 heterocycles. The monoisotopic (exact) mass is 298 g/mol. The minimum atomic E-state index is -0.217. The molecular weight excluding hydrogens is 283 g/mol. The van der Waals surface area contributed by atoms with E-state index < -0.39 is 0 Å². The van der Waals surface area contributed by atoms with E-state index in [-0.39, 0.29) is 11.2 Å². The van der Waals surface area contributed by atoms with Crippen LogP contribution in [0.4, 0.5) is 4.39 Å². The van der Waals surface area contributed by atoms with Gasteiger partial charge in [-0.1, -0.05) is 48.5 Å². The molecule has 0 nitrogen and oxygen atoms in total. The van der Waals surface area contributed by atoms with Gasteiger partial charge in [-0.05, 0) is 52.9 Å². The number of alkyl halides is 1. The highest BCUT2D eigenvalue weighted by Crippen LogP contribution is 2.33. The van der Waals surface area contributed by atoms with Crippen LogP contribution in [0.15, 0.2) is 60.7 Å². The van der Waals surface area contributed by atoms with E-state index in [0.717, 1.165) is 11.1 Å². The molecule has 3 rings (SSSR count). The van der Waals surface area contributed by atoms with Crippen molar-refractivity contribution in [2.45, 2.75) is 18.7 Å². The summed E-state index contributed by atoms with van der Waals surface area (Å²) in [7, 11) is 0. The van der Waals surface area contributed by atoms with Crippen molar-refractivity contribution in [3.63, 3.8) is 0 Å². The van der Waals surface area contributed by atoms with Crippen LogP contribution in [-0.2, 0) is 6.42 Å². The second kappa shape index (κ2) is 5.87. The molecule has 2 heteroatoms. The van der Waals surface area contributed by atoms with Gasteiger partial charge in [-0.2, -0.15) is 0 Å². The summed E-state index contributed by atoms with van der Waals surface area (Å²) in [6.45, 7) is 2.07. The SMILES string of the molecule is Cc1ccc2ccccc2c1C(Cl)Cc1cccc(F)c1. The summed E-state index contributed by atoms with van der Waals surface area (Å²) in [6, 6.07) is 19.1. The fraction of sp³-hybridized carbons (Fsp3) is 0.158. The Bertz CT molecular complexity index is 779. The molecule has 1 unspecified atom stereocenters. The lowest BCUT2D eigenvalue weighted by atomic mass is 9.94. The first-order valence-electron chi connectivity index (χ1n) is 7.02. The van der Waals surface area contributed by atoms with Crippen molar-refractivity contribution in [1.82, 2.24) is 0 Å². The predicted octanol–water partition coefficient (Wildman–Crippen LogP) is 5.81. The van der Waals surface area contributed by atoms with Crippen LogP contribution in [0.25, 0.3) is 10.8 Å². The molecule has 0 saturated heterocycles. The second-order valence-corrected chi connectivity index (χ2v) is 5.85. The third kappa shape index (κ3) is 2.93. The maximum Gasteiger partial charge on any atom is 0.123 e. The van der Waals surface area contributed by atoms with E-state index in [1.165, 1.54) is 22.4 Å². The van der Waals surface area contributed by atoms with Gasteiger partial charge >= 0.3 is 0 Å². The molecule has 106 valence electrons. The van der Waals surface area contributed by atoms with Crippen molar-refractivity contribution in [2.75, 3.05) is 0 Å². The highest BCUT2D eigenvalue weighted by molar-refractivity contribution is 6.22. The number of halogens is 2. The molecule has 0 aromatic heterocycles. The fourth-order valence-corrected chi connectivity index (χ4v) is 3.26. The van der Waals surface area contributed by atoms with Crippen molar-refractivity contribution in [1.29, 1.82) is 0 Å². The van der Waals surface area contributed by atoms with Crippen LogP contribution in [0, 0.1) is 12.7 Å². The zero-order chi connectivity index (χ0) is 14.8. The normalized spacial score (nSPS) is 12.5. The average Bonchev–Trinajstić information content (AvgIpc) is 2.47. The van der Waals surface area contributed by atoms with Crippen LogP contribution < -0.4 is 0 Å². The Morgan fingerprint density at radius 1 is 1.00 bits per heavy atom. The number of benzene rings is 3. The molecule has 0 amide bonds. The number of rotatable bonds is 3. The molecule has 0 fully saturated rings. The molecule has 0 spiro atoms. The third-order valence-electron chi connectivity index (χ3n) is 3.81. The fourth-order valence-electron chi connectivity index (χ4n) is 2.79. The highest BCUT2D eigenvalue weighted by atomic mass is 35.5. The first-order chi connectivity index (χ1) is 10.1. The number of fused-ring (bicyclic) bond motifs is 1. The topological polar surface area (TPSA) is 0 Å². The summed E-state index contributed by atoms with van der Waals surface area (Å²) in [5, 5.41) is 2.19. The molecule has 0 radical (unpaired) electrons. The highest BCUT2D eigenvalue weighted by Gasteiger charge is 2.15. The number of hydrogen-bond acceptors (Lipinski definition) is 0. The van der Waals surface area contributed by atoms with Crippen LogP contribution >= 0.6 is 11.6 Å². The maximum absolute atomic E-state index is 13.3. The molecular formula is C19H16ClF. The molecule has 3 aromatic rings. The summed E-state index contributed by atoms with van der Waals surface area (Å²) in [5.41, 5.74) is 3.23. The first-order valence-corrected chi connectivity index (χ1v) is 7.45. The van der Waals surface area contributed by atoms with E-state index in [1.54, 1.807) is 12.1 Å². The lowest BCUT2D eigenvalue weighted by Gasteiger charge is -2.16. The van der Waals surface area contributed by atoms with Crippen molar-refractivity contribution in [2.24, 2.45) is 0 Å². The van der Waals surface area contributed by atoms with Crippen LogP contribution in [-0.4, -0.2) is 0 Å². The van der Waals surface area contributed by atoms with Crippen molar-refractivity contribution < 1.29 is 4.39 Å². The van der Waals surface area contributed by atoms with Crippen molar-refractivity contribution in [3.05, 3.63) is 83.2 Å². The Balaban J connectivity index is 2.01. The van der Waals surface area contributed by atoms with E-state index in [4.69, 9.17) is 11.6 Å². The molecule has 0 saturated carbocycles. The smallest absolute Gasteiger partial charge is 0.123 e. The molecule has 1 atom stereocenters. The summed E-state index contributed by atoms with van der Waals surface area (Å²) in [5.74, 6) is -0.217. The quantitative estimate of drug-likeness (QED) is 0.535. The van der Waals surface area contributed by atoms with Gasteiger partial charge in [-0.15, -0.1) is 11.6 Å². The lowest BCUT2D eigenvalue weighted by molar-refractivity contribution is 0.625. The zero-order valence-corrected chi connectivity index (χ0v) is 12.6.